The monoisotopic (exact) mass is 407 g/mol. The summed E-state index contributed by atoms with van der Waals surface area (Å²) in [5, 5.41) is 6.29. The van der Waals surface area contributed by atoms with Crippen molar-refractivity contribution in [1.29, 1.82) is 0 Å². The highest BCUT2D eigenvalue weighted by Gasteiger charge is 2.58. The van der Waals surface area contributed by atoms with Crippen molar-refractivity contribution in [3.63, 3.8) is 0 Å². The van der Waals surface area contributed by atoms with Gasteiger partial charge in [-0.3, -0.25) is 14.6 Å². The van der Waals surface area contributed by atoms with E-state index in [9.17, 15) is 9.59 Å². The van der Waals surface area contributed by atoms with Crippen LogP contribution >= 0.6 is 0 Å². The molecule has 0 bridgehead atoms. The molecule has 0 radical (unpaired) electrons. The molecule has 4 heterocycles. The molecule has 0 atom stereocenters. The highest BCUT2D eigenvalue weighted by molar-refractivity contribution is 6.02. The van der Waals surface area contributed by atoms with Crippen molar-refractivity contribution < 1.29 is 14.3 Å². The zero-order chi connectivity index (χ0) is 20.6. The van der Waals surface area contributed by atoms with E-state index in [4.69, 9.17) is 4.74 Å². The standard InChI is InChI=1S/C22H25N5O3/c28-20-19-16(1-2-18(26-19)25-17-3-9-23-10-4-17)14-27(20)22(7-8-22)21(29)24-13-15-5-11-30-12-6-15/h1-4,9-10,15H,5-8,11-14H2,(H,24,29)(H,23,25,26). The van der Waals surface area contributed by atoms with E-state index in [1.807, 2.05) is 24.3 Å². The fourth-order valence-electron chi connectivity index (χ4n) is 4.26. The summed E-state index contributed by atoms with van der Waals surface area (Å²) >= 11 is 0. The molecule has 2 fully saturated rings. The quantitative estimate of drug-likeness (QED) is 0.763. The van der Waals surface area contributed by atoms with Crippen molar-refractivity contribution >= 4 is 23.3 Å². The molecular formula is C22H25N5O3. The minimum Gasteiger partial charge on any atom is -0.381 e. The Hall–Kier alpha value is -3.00. The molecule has 156 valence electrons. The van der Waals surface area contributed by atoms with Crippen molar-refractivity contribution in [1.82, 2.24) is 20.2 Å². The van der Waals surface area contributed by atoms with Crippen LogP contribution < -0.4 is 10.6 Å². The molecule has 8 nitrogen and oxygen atoms in total. The summed E-state index contributed by atoms with van der Waals surface area (Å²) in [5.74, 6) is 0.852. The fraction of sp³-hybridized carbons (Fsp3) is 0.455. The van der Waals surface area contributed by atoms with E-state index in [2.05, 4.69) is 20.6 Å². The second-order valence-electron chi connectivity index (χ2n) is 8.25. The second kappa shape index (κ2) is 7.68. The minimum atomic E-state index is -0.721. The molecule has 8 heteroatoms. The van der Waals surface area contributed by atoms with Gasteiger partial charge in [-0.15, -0.1) is 0 Å². The predicted octanol–water partition coefficient (Wildman–Crippen LogP) is 2.25. The molecule has 2 aromatic heterocycles. The summed E-state index contributed by atoms with van der Waals surface area (Å²) in [6.45, 7) is 2.60. The maximum atomic E-state index is 13.1. The largest absolute Gasteiger partial charge is 0.381 e. The first-order valence-electron chi connectivity index (χ1n) is 10.5. The van der Waals surface area contributed by atoms with Gasteiger partial charge in [-0.2, -0.15) is 0 Å². The zero-order valence-electron chi connectivity index (χ0n) is 16.8. The number of nitrogens with zero attached hydrogens (tertiary/aromatic N) is 3. The van der Waals surface area contributed by atoms with E-state index in [1.165, 1.54) is 0 Å². The van der Waals surface area contributed by atoms with Crippen LogP contribution in [0.5, 0.6) is 0 Å². The molecule has 30 heavy (non-hydrogen) atoms. The Morgan fingerprint density at radius 3 is 2.67 bits per heavy atom. The summed E-state index contributed by atoms with van der Waals surface area (Å²) in [5.41, 5.74) is 1.43. The number of hydrogen-bond donors (Lipinski definition) is 2. The minimum absolute atomic E-state index is 0.0368. The maximum Gasteiger partial charge on any atom is 0.274 e. The van der Waals surface area contributed by atoms with E-state index >= 15 is 0 Å². The fourth-order valence-corrected chi connectivity index (χ4v) is 4.26. The lowest BCUT2D eigenvalue weighted by atomic mass is 10.0. The molecule has 0 spiro atoms. The summed E-state index contributed by atoms with van der Waals surface area (Å²) in [6.07, 6.45) is 6.73. The van der Waals surface area contributed by atoms with Gasteiger partial charge in [-0.05, 0) is 49.8 Å². The molecule has 1 aliphatic carbocycles. The van der Waals surface area contributed by atoms with E-state index in [0.717, 1.165) is 37.3 Å². The number of carbonyl (C=O) groups is 2. The lowest BCUT2D eigenvalue weighted by Gasteiger charge is -2.28. The van der Waals surface area contributed by atoms with Crippen LogP contribution in [-0.2, 0) is 16.1 Å². The van der Waals surface area contributed by atoms with Crippen molar-refractivity contribution in [3.05, 3.63) is 47.9 Å². The number of pyridine rings is 2. The first-order chi connectivity index (χ1) is 14.7. The molecule has 1 saturated heterocycles. The molecular weight excluding hydrogens is 382 g/mol. The van der Waals surface area contributed by atoms with E-state index in [0.29, 0.717) is 43.4 Å². The van der Waals surface area contributed by atoms with Crippen LogP contribution in [0.3, 0.4) is 0 Å². The van der Waals surface area contributed by atoms with Gasteiger partial charge >= 0.3 is 0 Å². The number of nitrogens with one attached hydrogen (secondary N) is 2. The van der Waals surface area contributed by atoms with Crippen LogP contribution in [0.2, 0.25) is 0 Å². The Morgan fingerprint density at radius 1 is 1.17 bits per heavy atom. The number of carbonyl (C=O) groups excluding carboxylic acids is 2. The third-order valence-corrected chi connectivity index (χ3v) is 6.26. The Balaban J connectivity index is 1.27. The summed E-state index contributed by atoms with van der Waals surface area (Å²) in [7, 11) is 0. The smallest absolute Gasteiger partial charge is 0.274 e. The molecule has 2 aromatic rings. The average Bonchev–Trinajstić information content (AvgIpc) is 3.53. The van der Waals surface area contributed by atoms with Gasteiger partial charge in [0.1, 0.15) is 17.1 Å². The summed E-state index contributed by atoms with van der Waals surface area (Å²) < 4.78 is 5.38. The summed E-state index contributed by atoms with van der Waals surface area (Å²) in [4.78, 5) is 36.4. The third kappa shape index (κ3) is 3.52. The van der Waals surface area contributed by atoms with Crippen molar-refractivity contribution in [2.24, 2.45) is 5.92 Å². The Kier molecular flexibility index (Phi) is 4.86. The van der Waals surface area contributed by atoms with Crippen molar-refractivity contribution in [2.75, 3.05) is 25.1 Å². The van der Waals surface area contributed by atoms with Gasteiger partial charge in [0.05, 0.1) is 0 Å². The second-order valence-corrected chi connectivity index (χ2v) is 8.25. The molecule has 5 rings (SSSR count). The van der Waals surface area contributed by atoms with Crippen LogP contribution in [0.25, 0.3) is 0 Å². The van der Waals surface area contributed by atoms with Gasteiger partial charge in [-0.25, -0.2) is 4.98 Å². The van der Waals surface area contributed by atoms with E-state index in [1.54, 1.807) is 17.3 Å². The molecule has 2 N–H and O–H groups in total. The zero-order valence-corrected chi connectivity index (χ0v) is 16.8. The van der Waals surface area contributed by atoms with Gasteiger partial charge in [0, 0.05) is 49.9 Å². The van der Waals surface area contributed by atoms with Gasteiger partial charge in [0.15, 0.2) is 0 Å². The normalized spacial score (nSPS) is 20.0. The van der Waals surface area contributed by atoms with Crippen molar-refractivity contribution in [2.45, 2.75) is 37.8 Å². The van der Waals surface area contributed by atoms with Crippen LogP contribution in [0.1, 0.15) is 41.7 Å². The van der Waals surface area contributed by atoms with Gasteiger partial charge in [0.2, 0.25) is 5.91 Å². The number of rotatable bonds is 6. The van der Waals surface area contributed by atoms with Crippen LogP contribution in [-0.4, -0.2) is 52.0 Å². The summed E-state index contributed by atoms with van der Waals surface area (Å²) in [6, 6.07) is 7.45. The Morgan fingerprint density at radius 2 is 1.93 bits per heavy atom. The first kappa shape index (κ1) is 19.0. The highest BCUT2D eigenvalue weighted by atomic mass is 16.5. The van der Waals surface area contributed by atoms with Gasteiger partial charge in [-0.1, -0.05) is 6.07 Å². The topological polar surface area (TPSA) is 96.5 Å². The number of fused-ring (bicyclic) bond motifs is 1. The maximum absolute atomic E-state index is 13.1. The Bertz CT molecular complexity index is 955. The lowest BCUT2D eigenvalue weighted by molar-refractivity contribution is -0.127. The van der Waals surface area contributed by atoms with Crippen molar-refractivity contribution in [3.8, 4) is 0 Å². The first-order valence-corrected chi connectivity index (χ1v) is 10.5. The molecule has 0 unspecified atom stereocenters. The number of anilines is 2. The number of hydrogen-bond acceptors (Lipinski definition) is 6. The number of ether oxygens (including phenoxy) is 1. The van der Waals surface area contributed by atoms with Gasteiger partial charge in [0.25, 0.3) is 5.91 Å². The molecule has 2 amide bonds. The number of aromatic nitrogens is 2. The molecule has 2 aliphatic heterocycles. The molecule has 0 aromatic carbocycles. The Labute approximate surface area is 175 Å². The SMILES string of the molecule is O=C1c2nc(Nc3ccncc3)ccc2CN1C1(C(=O)NCC2CCOCC2)CC1. The van der Waals surface area contributed by atoms with Crippen LogP contribution in [0, 0.1) is 5.92 Å². The van der Waals surface area contributed by atoms with Gasteiger partial charge < -0.3 is 20.3 Å². The van der Waals surface area contributed by atoms with Crippen LogP contribution in [0.15, 0.2) is 36.7 Å². The van der Waals surface area contributed by atoms with E-state index in [-0.39, 0.29) is 11.8 Å². The molecule has 1 saturated carbocycles. The van der Waals surface area contributed by atoms with E-state index < -0.39 is 5.54 Å². The average molecular weight is 407 g/mol. The third-order valence-electron chi connectivity index (χ3n) is 6.26. The highest BCUT2D eigenvalue weighted by Crippen LogP contribution is 2.46. The van der Waals surface area contributed by atoms with Crippen LogP contribution in [0.4, 0.5) is 11.5 Å². The number of amides is 2. The predicted molar refractivity (Wildman–Crippen MR) is 110 cm³/mol. The lowest BCUT2D eigenvalue weighted by Crippen LogP contribution is -2.50. The molecule has 3 aliphatic rings.